The molecule has 3 rings (SSSR count). The molecule has 3 heterocycles. The Morgan fingerprint density at radius 1 is 1.29 bits per heavy atom. The molecule has 0 unspecified atom stereocenters. The van der Waals surface area contributed by atoms with Gasteiger partial charge in [0.1, 0.15) is 5.82 Å². The second-order valence-electron chi connectivity index (χ2n) is 6.35. The highest BCUT2D eigenvalue weighted by molar-refractivity contribution is 6.36. The van der Waals surface area contributed by atoms with Crippen LogP contribution in [0.2, 0.25) is 10.0 Å². The van der Waals surface area contributed by atoms with E-state index in [2.05, 4.69) is 22.1 Å². The van der Waals surface area contributed by atoms with Gasteiger partial charge in [0.2, 0.25) is 5.91 Å². The summed E-state index contributed by atoms with van der Waals surface area (Å²) in [6.07, 6.45) is 3.48. The normalized spacial score (nSPS) is 24.5. The van der Waals surface area contributed by atoms with Crippen molar-refractivity contribution in [2.75, 3.05) is 37.6 Å². The Bertz CT molecular complexity index is 578. The van der Waals surface area contributed by atoms with Gasteiger partial charge in [0.15, 0.2) is 0 Å². The number of rotatable bonds is 2. The van der Waals surface area contributed by atoms with Gasteiger partial charge in [-0.3, -0.25) is 4.79 Å². The van der Waals surface area contributed by atoms with Crippen LogP contribution in [0.3, 0.4) is 0 Å². The highest BCUT2D eigenvalue weighted by Gasteiger charge is 2.30. The maximum Gasteiger partial charge on any atom is 0.225 e. The summed E-state index contributed by atoms with van der Waals surface area (Å²) < 4.78 is 0. The number of aromatic nitrogens is 1. The molecule has 2 fully saturated rings. The molecule has 134 valence electrons. The van der Waals surface area contributed by atoms with E-state index in [1.54, 1.807) is 12.3 Å². The van der Waals surface area contributed by atoms with Crippen LogP contribution in [-0.2, 0) is 4.79 Å². The van der Waals surface area contributed by atoms with Crippen LogP contribution in [-0.4, -0.2) is 54.6 Å². The summed E-state index contributed by atoms with van der Waals surface area (Å²) >= 11 is 12.1. The number of hydrogen-bond acceptors (Lipinski definition) is 4. The molecule has 2 aliphatic rings. The van der Waals surface area contributed by atoms with Crippen molar-refractivity contribution in [2.45, 2.75) is 25.8 Å². The average molecular weight is 394 g/mol. The van der Waals surface area contributed by atoms with Gasteiger partial charge in [0, 0.05) is 44.3 Å². The summed E-state index contributed by atoms with van der Waals surface area (Å²) in [6.45, 7) is 6.02. The number of halogens is 3. The minimum Gasteiger partial charge on any atom is -0.352 e. The van der Waals surface area contributed by atoms with Crippen LogP contribution in [0.4, 0.5) is 5.82 Å². The minimum absolute atomic E-state index is 0. The molecule has 24 heavy (non-hydrogen) atoms. The van der Waals surface area contributed by atoms with Crippen LogP contribution in [0, 0.1) is 5.92 Å². The zero-order valence-electron chi connectivity index (χ0n) is 13.7. The smallest absolute Gasteiger partial charge is 0.225 e. The zero-order chi connectivity index (χ0) is 16.4. The van der Waals surface area contributed by atoms with Crippen molar-refractivity contribution < 1.29 is 4.79 Å². The van der Waals surface area contributed by atoms with Crippen molar-refractivity contribution in [1.82, 2.24) is 15.2 Å². The molecule has 2 aliphatic heterocycles. The van der Waals surface area contributed by atoms with Crippen LogP contribution < -0.4 is 10.2 Å². The van der Waals surface area contributed by atoms with Gasteiger partial charge in [0.05, 0.1) is 10.0 Å². The summed E-state index contributed by atoms with van der Waals surface area (Å²) in [7, 11) is 0. The van der Waals surface area contributed by atoms with Crippen LogP contribution in [0.25, 0.3) is 0 Å². The lowest BCUT2D eigenvalue weighted by Gasteiger charge is -2.38. The van der Waals surface area contributed by atoms with E-state index in [1.165, 1.54) is 0 Å². The maximum absolute atomic E-state index is 12.7. The number of nitrogens with zero attached hydrogens (tertiary/aromatic N) is 3. The topological polar surface area (TPSA) is 48.5 Å². The predicted molar refractivity (Wildman–Crippen MR) is 100 cm³/mol. The van der Waals surface area contributed by atoms with Gasteiger partial charge in [-0.1, -0.05) is 23.2 Å². The van der Waals surface area contributed by atoms with Gasteiger partial charge in [0.25, 0.3) is 0 Å². The molecule has 0 aromatic carbocycles. The summed E-state index contributed by atoms with van der Waals surface area (Å²) in [5, 5.41) is 4.49. The molecule has 2 atom stereocenters. The molecule has 0 saturated carbocycles. The highest BCUT2D eigenvalue weighted by Crippen LogP contribution is 2.27. The predicted octanol–water partition coefficient (Wildman–Crippen LogP) is 2.85. The van der Waals surface area contributed by atoms with Crippen LogP contribution in [0.5, 0.6) is 0 Å². The third-order valence-corrected chi connectivity index (χ3v) is 5.14. The number of anilines is 1. The number of pyridine rings is 1. The summed E-state index contributed by atoms with van der Waals surface area (Å²) in [5.74, 6) is 1.21. The molecule has 5 nitrogen and oxygen atoms in total. The zero-order valence-corrected chi connectivity index (χ0v) is 16.0. The summed E-state index contributed by atoms with van der Waals surface area (Å²) in [6, 6.07) is 2.13. The van der Waals surface area contributed by atoms with E-state index in [-0.39, 0.29) is 18.3 Å². The Morgan fingerprint density at radius 3 is 2.62 bits per heavy atom. The fraction of sp³-hybridized carbons (Fsp3) is 0.625. The standard InChI is InChI=1S/C16H22Cl2N4O.ClH/c1-11-8-12(2-3-19-11)16(23)22-6-4-21(5-7-22)15-14(18)9-13(17)10-20-15;/h9-12,19H,2-8H2,1H3;1H/t11-,12-;/m0./s1. The van der Waals surface area contributed by atoms with Crippen molar-refractivity contribution in [1.29, 1.82) is 0 Å². The summed E-state index contributed by atoms with van der Waals surface area (Å²) in [5.41, 5.74) is 0. The third kappa shape index (κ3) is 4.45. The Hall–Kier alpha value is -0.750. The second kappa shape index (κ2) is 8.56. The first-order valence-corrected chi connectivity index (χ1v) is 8.88. The van der Waals surface area contributed by atoms with Crippen molar-refractivity contribution >= 4 is 47.3 Å². The van der Waals surface area contributed by atoms with Gasteiger partial charge in [-0.2, -0.15) is 0 Å². The molecule has 2 saturated heterocycles. The second-order valence-corrected chi connectivity index (χ2v) is 7.19. The third-order valence-electron chi connectivity index (χ3n) is 4.65. The number of carbonyl (C=O) groups excluding carboxylic acids is 1. The van der Waals surface area contributed by atoms with Crippen molar-refractivity contribution in [3.8, 4) is 0 Å². The van der Waals surface area contributed by atoms with Crippen molar-refractivity contribution in [3.63, 3.8) is 0 Å². The number of piperidine rings is 1. The summed E-state index contributed by atoms with van der Waals surface area (Å²) in [4.78, 5) is 21.1. The SMILES string of the molecule is C[C@H]1C[C@@H](C(=O)N2CCN(c3ncc(Cl)cc3Cl)CC2)CCN1.Cl. The molecule has 0 aliphatic carbocycles. The van der Waals surface area contributed by atoms with E-state index in [4.69, 9.17) is 23.2 Å². The quantitative estimate of drug-likeness (QED) is 0.839. The number of hydrogen-bond donors (Lipinski definition) is 1. The molecular formula is C16H23Cl3N4O. The lowest BCUT2D eigenvalue weighted by atomic mass is 9.92. The lowest BCUT2D eigenvalue weighted by Crippen LogP contribution is -2.52. The first-order chi connectivity index (χ1) is 11.0. The number of amides is 1. The van der Waals surface area contributed by atoms with E-state index < -0.39 is 0 Å². The molecule has 1 aromatic rings. The Labute approximate surface area is 159 Å². The van der Waals surface area contributed by atoms with E-state index in [0.717, 1.165) is 51.4 Å². The fourth-order valence-electron chi connectivity index (χ4n) is 3.39. The van der Waals surface area contributed by atoms with E-state index in [9.17, 15) is 4.79 Å². The Balaban J connectivity index is 0.00000208. The average Bonchev–Trinajstić information content (AvgIpc) is 2.54. The largest absolute Gasteiger partial charge is 0.352 e. The van der Waals surface area contributed by atoms with Gasteiger partial charge >= 0.3 is 0 Å². The van der Waals surface area contributed by atoms with Gasteiger partial charge in [-0.25, -0.2) is 4.98 Å². The molecule has 0 bridgehead atoms. The Kier molecular flexibility index (Phi) is 6.99. The molecule has 1 aromatic heterocycles. The molecular weight excluding hydrogens is 371 g/mol. The van der Waals surface area contributed by atoms with Crippen molar-refractivity contribution in [2.24, 2.45) is 5.92 Å². The van der Waals surface area contributed by atoms with Crippen LogP contribution in [0.1, 0.15) is 19.8 Å². The first kappa shape index (κ1) is 19.6. The maximum atomic E-state index is 12.7. The number of piperazine rings is 1. The molecule has 8 heteroatoms. The number of carbonyl (C=O) groups is 1. The van der Waals surface area contributed by atoms with Crippen molar-refractivity contribution in [3.05, 3.63) is 22.3 Å². The highest BCUT2D eigenvalue weighted by atomic mass is 35.5. The first-order valence-electron chi connectivity index (χ1n) is 8.13. The number of nitrogens with one attached hydrogen (secondary N) is 1. The van der Waals surface area contributed by atoms with E-state index in [0.29, 0.717) is 22.0 Å². The van der Waals surface area contributed by atoms with Crippen LogP contribution in [0.15, 0.2) is 12.3 Å². The van der Waals surface area contributed by atoms with E-state index in [1.807, 2.05) is 4.90 Å². The van der Waals surface area contributed by atoms with Gasteiger partial charge < -0.3 is 15.1 Å². The monoisotopic (exact) mass is 392 g/mol. The van der Waals surface area contributed by atoms with Gasteiger partial charge in [-0.05, 0) is 32.4 Å². The molecule has 1 N–H and O–H groups in total. The fourth-order valence-corrected chi connectivity index (χ4v) is 3.89. The van der Waals surface area contributed by atoms with E-state index >= 15 is 0 Å². The molecule has 0 radical (unpaired) electrons. The van der Waals surface area contributed by atoms with Crippen LogP contribution >= 0.6 is 35.6 Å². The van der Waals surface area contributed by atoms with Gasteiger partial charge in [-0.15, -0.1) is 12.4 Å². The molecule has 0 spiro atoms. The molecule has 1 amide bonds. The Morgan fingerprint density at radius 2 is 2.00 bits per heavy atom. The lowest BCUT2D eigenvalue weighted by molar-refractivity contribution is -0.137. The minimum atomic E-state index is 0.